The van der Waals surface area contributed by atoms with Crippen molar-refractivity contribution in [2.45, 2.75) is 0 Å². The molecule has 0 heteroatoms. The van der Waals surface area contributed by atoms with Crippen LogP contribution in [-0.2, 0) is 0 Å². The fraction of sp³-hybridized carbons (Fsp3) is 0. The average molecular weight is 590 g/mol. The summed E-state index contributed by atoms with van der Waals surface area (Å²) in [5, 5.41) is 5.07. The second-order valence-electron chi connectivity index (χ2n) is 11.6. The lowest BCUT2D eigenvalue weighted by atomic mass is 9.84. The Kier molecular flexibility index (Phi) is 4.76. The van der Waals surface area contributed by atoms with E-state index >= 15 is 0 Å². The first-order valence-corrected chi connectivity index (χ1v) is 15.4. The molecule has 214 valence electrons. The van der Waals surface area contributed by atoms with Gasteiger partial charge in [-0.05, 0) is 106 Å². The van der Waals surface area contributed by atoms with Crippen molar-refractivity contribution >= 4 is 43.1 Å². The molecule has 0 radical (unpaired) electrons. The van der Waals surface area contributed by atoms with Gasteiger partial charge in [-0.2, -0.15) is 0 Å². The molecular weight excluding hydrogens is 553 g/mol. The maximum Gasteiger partial charge on any atom is 0.0636 e. The minimum atomic E-state index is -0.384. The smallest absolute Gasteiger partial charge is 0.0622 e. The molecule has 0 atom stereocenters. The van der Waals surface area contributed by atoms with Crippen LogP contribution in [0.25, 0.3) is 87.6 Å². The Morgan fingerprint density at radius 3 is 1.46 bits per heavy atom. The van der Waals surface area contributed by atoms with E-state index in [-0.39, 0.29) is 53.1 Å². The lowest BCUT2D eigenvalue weighted by molar-refractivity contribution is 1.61. The van der Waals surface area contributed by atoms with E-state index in [1.165, 1.54) is 0 Å². The number of benzene rings is 9. The number of fused-ring (bicyclic) bond motifs is 4. The summed E-state index contributed by atoms with van der Waals surface area (Å²) in [6.07, 6.45) is 0. The molecule has 0 aliphatic carbocycles. The van der Waals surface area contributed by atoms with Gasteiger partial charge in [-0.25, -0.2) is 0 Å². The zero-order chi connectivity index (χ0) is 36.5. The van der Waals surface area contributed by atoms with E-state index in [1.54, 1.807) is 0 Å². The van der Waals surface area contributed by atoms with Crippen LogP contribution in [0.3, 0.4) is 0 Å². The van der Waals surface area contributed by atoms with Crippen LogP contribution in [0.15, 0.2) is 182 Å². The minimum absolute atomic E-state index is 0.0229. The van der Waals surface area contributed by atoms with E-state index in [4.69, 9.17) is 2.74 Å². The van der Waals surface area contributed by atoms with Crippen molar-refractivity contribution in [3.8, 4) is 44.5 Å². The molecular formula is C46H30. The van der Waals surface area contributed by atoms with Gasteiger partial charge in [0.05, 0.1) is 9.60 Å². The molecule has 0 aromatic heterocycles. The van der Waals surface area contributed by atoms with Gasteiger partial charge < -0.3 is 0 Å². The Morgan fingerprint density at radius 2 is 0.783 bits per heavy atom. The zero-order valence-corrected chi connectivity index (χ0v) is 24.8. The first-order valence-electron chi connectivity index (χ1n) is 18.9. The highest BCUT2D eigenvalue weighted by atomic mass is 14.2. The summed E-state index contributed by atoms with van der Waals surface area (Å²) < 4.78 is 65.6. The van der Waals surface area contributed by atoms with Crippen molar-refractivity contribution in [3.05, 3.63) is 182 Å². The summed E-state index contributed by atoms with van der Waals surface area (Å²) in [4.78, 5) is 0. The number of hydrogen-bond acceptors (Lipinski definition) is 0. The average Bonchev–Trinajstić information content (AvgIpc) is 3.20. The summed E-state index contributed by atoms with van der Waals surface area (Å²) in [5.41, 5.74) is 5.04. The van der Waals surface area contributed by atoms with Crippen molar-refractivity contribution in [2.24, 2.45) is 0 Å². The largest absolute Gasteiger partial charge is 0.0636 e. The Balaban J connectivity index is 1.49. The van der Waals surface area contributed by atoms with E-state index in [9.17, 15) is 6.85 Å². The van der Waals surface area contributed by atoms with E-state index in [2.05, 4.69) is 0 Å². The van der Waals surface area contributed by atoms with Gasteiger partial charge in [0.25, 0.3) is 0 Å². The van der Waals surface area contributed by atoms with Crippen molar-refractivity contribution in [1.82, 2.24) is 0 Å². The Bertz CT molecular complexity index is 2950. The van der Waals surface area contributed by atoms with Gasteiger partial charge in [0.15, 0.2) is 0 Å². The highest BCUT2D eigenvalue weighted by molar-refractivity contribution is 6.22. The van der Waals surface area contributed by atoms with Crippen LogP contribution in [0.5, 0.6) is 0 Å². The SMILES string of the molecule is [2H]c1c([2H])c([2H])c2c(-c3ccc(-c4ccccc4)cc3)c3c([2H])c(-c4ccc5ccccc5c4)c([2H])c([2H])c3c(-c3ccc4ccccc4c3)c2c1[2H]. The quantitative estimate of drug-likeness (QED) is 0.179. The van der Waals surface area contributed by atoms with Gasteiger partial charge in [0, 0.05) is 0 Å². The van der Waals surface area contributed by atoms with Gasteiger partial charge in [0.2, 0.25) is 0 Å². The molecule has 0 aliphatic heterocycles. The predicted octanol–water partition coefficient (Wildman–Crippen LogP) is 13.0. The standard InChI is InChI=1S/C46H30/c1-2-10-31(11-3-1)34-18-22-35(23-19-34)45-41-16-8-9-17-42(41)46(40-25-21-33-13-5-7-15-37(33)29-40)43-27-26-39(30-44(43)45)38-24-20-32-12-4-6-14-36(32)28-38/h1-30H/i8D,9D,16D,17D,26D,27D,30D. The summed E-state index contributed by atoms with van der Waals surface area (Å²) in [7, 11) is 0. The molecule has 0 N–H and O–H groups in total. The molecule has 0 aliphatic rings. The fourth-order valence-electron chi connectivity index (χ4n) is 6.59. The van der Waals surface area contributed by atoms with Crippen molar-refractivity contribution in [1.29, 1.82) is 0 Å². The van der Waals surface area contributed by atoms with Crippen molar-refractivity contribution in [3.63, 3.8) is 0 Å². The Hall–Kier alpha value is -5.98. The van der Waals surface area contributed by atoms with Gasteiger partial charge in [0.1, 0.15) is 0 Å². The van der Waals surface area contributed by atoms with E-state index in [1.807, 2.05) is 140 Å². The molecule has 9 rings (SSSR count). The Labute approximate surface area is 278 Å². The van der Waals surface area contributed by atoms with Gasteiger partial charge >= 0.3 is 0 Å². The zero-order valence-electron chi connectivity index (χ0n) is 31.8. The van der Waals surface area contributed by atoms with Crippen LogP contribution in [0, 0.1) is 0 Å². The molecule has 9 aromatic rings. The number of hydrogen-bond donors (Lipinski definition) is 0. The van der Waals surface area contributed by atoms with Crippen LogP contribution in [0.2, 0.25) is 0 Å². The molecule has 0 amide bonds. The van der Waals surface area contributed by atoms with Crippen molar-refractivity contribution < 1.29 is 9.60 Å². The molecule has 9 aromatic carbocycles. The summed E-state index contributed by atoms with van der Waals surface area (Å²) >= 11 is 0. The fourth-order valence-corrected chi connectivity index (χ4v) is 6.59. The predicted molar refractivity (Wildman–Crippen MR) is 198 cm³/mol. The monoisotopic (exact) mass is 589 g/mol. The third kappa shape index (κ3) is 4.47. The first-order chi connectivity index (χ1) is 25.7. The first kappa shape index (κ1) is 20.1. The normalized spacial score (nSPS) is 13.6. The van der Waals surface area contributed by atoms with Gasteiger partial charge in [-0.1, -0.05) is 164 Å². The topological polar surface area (TPSA) is 0 Å². The van der Waals surface area contributed by atoms with Crippen molar-refractivity contribution in [2.75, 3.05) is 0 Å². The third-order valence-electron chi connectivity index (χ3n) is 8.86. The minimum Gasteiger partial charge on any atom is -0.0622 e. The lowest BCUT2D eigenvalue weighted by Gasteiger charge is -2.19. The third-order valence-corrected chi connectivity index (χ3v) is 8.86. The van der Waals surface area contributed by atoms with Crippen LogP contribution in [-0.4, -0.2) is 0 Å². The van der Waals surface area contributed by atoms with E-state index in [0.717, 1.165) is 32.7 Å². The maximum absolute atomic E-state index is 9.98. The summed E-state index contributed by atoms with van der Waals surface area (Å²) in [5.74, 6) is 0. The van der Waals surface area contributed by atoms with Gasteiger partial charge in [-0.15, -0.1) is 0 Å². The van der Waals surface area contributed by atoms with Crippen LogP contribution < -0.4 is 0 Å². The second-order valence-corrected chi connectivity index (χ2v) is 11.6. The molecule has 0 fully saturated rings. The molecule has 0 heterocycles. The molecule has 46 heavy (non-hydrogen) atoms. The molecule has 0 bridgehead atoms. The van der Waals surface area contributed by atoms with E-state index < -0.39 is 0 Å². The molecule has 0 saturated heterocycles. The summed E-state index contributed by atoms with van der Waals surface area (Å²) in [6, 6.07) is 43.7. The molecule has 0 spiro atoms. The van der Waals surface area contributed by atoms with Crippen LogP contribution in [0.4, 0.5) is 0 Å². The van der Waals surface area contributed by atoms with Crippen LogP contribution in [0.1, 0.15) is 9.60 Å². The highest BCUT2D eigenvalue weighted by Crippen LogP contribution is 2.45. The summed E-state index contributed by atoms with van der Waals surface area (Å²) in [6.45, 7) is 0. The van der Waals surface area contributed by atoms with Gasteiger partial charge in [-0.3, -0.25) is 0 Å². The molecule has 0 saturated carbocycles. The second kappa shape index (κ2) is 10.9. The maximum atomic E-state index is 9.98. The lowest BCUT2D eigenvalue weighted by Crippen LogP contribution is -1.92. The Morgan fingerprint density at radius 1 is 0.304 bits per heavy atom. The van der Waals surface area contributed by atoms with E-state index in [0.29, 0.717) is 44.2 Å². The number of rotatable bonds is 4. The van der Waals surface area contributed by atoms with Crippen LogP contribution >= 0.6 is 0 Å². The highest BCUT2D eigenvalue weighted by Gasteiger charge is 2.18. The molecule has 0 nitrogen and oxygen atoms in total. The molecule has 0 unspecified atom stereocenters.